The molecule has 6 heteroatoms. The molecule has 0 atom stereocenters. The molecule has 1 saturated heterocycles. The number of oxime groups is 1. The highest BCUT2D eigenvalue weighted by Gasteiger charge is 2.09. The van der Waals surface area contributed by atoms with E-state index < -0.39 is 0 Å². The predicted octanol–water partition coefficient (Wildman–Crippen LogP) is 2.98. The van der Waals surface area contributed by atoms with Crippen molar-refractivity contribution < 1.29 is 9.57 Å². The number of hydrogen-bond acceptors (Lipinski definition) is 4. The molecule has 0 unspecified atom stereocenters. The van der Waals surface area contributed by atoms with Gasteiger partial charge in [0.25, 0.3) is 0 Å². The van der Waals surface area contributed by atoms with E-state index in [2.05, 4.69) is 10.1 Å². The molecule has 110 valence electrons. The largest absolute Gasteiger partial charge is 0.395 e. The van der Waals surface area contributed by atoms with Crippen LogP contribution in [0.5, 0.6) is 0 Å². The molecule has 2 rings (SSSR count). The number of benzene rings is 1. The summed E-state index contributed by atoms with van der Waals surface area (Å²) in [6.45, 7) is 5.14. The van der Waals surface area contributed by atoms with Crippen LogP contribution in [0.2, 0.25) is 5.02 Å². The van der Waals surface area contributed by atoms with Gasteiger partial charge in [-0.2, -0.15) is 0 Å². The highest BCUT2D eigenvalue weighted by molar-refractivity contribution is 6.70. The fourth-order valence-electron chi connectivity index (χ4n) is 1.96. The number of halogens is 2. The zero-order valence-corrected chi connectivity index (χ0v) is 12.7. The lowest BCUT2D eigenvalue weighted by atomic mass is 10.2. The lowest BCUT2D eigenvalue weighted by Gasteiger charge is -2.26. The average molecular weight is 317 g/mol. The van der Waals surface area contributed by atoms with Crippen LogP contribution in [-0.2, 0) is 9.57 Å². The van der Waals surface area contributed by atoms with E-state index in [-0.39, 0.29) is 5.17 Å². The van der Waals surface area contributed by atoms with Crippen LogP contribution in [-0.4, -0.2) is 49.5 Å². The van der Waals surface area contributed by atoms with Gasteiger partial charge in [-0.3, -0.25) is 4.90 Å². The molecule has 1 aliphatic rings. The molecular weight excluding hydrogens is 299 g/mol. The Balaban J connectivity index is 1.69. The summed E-state index contributed by atoms with van der Waals surface area (Å²) >= 11 is 12.1. The molecule has 20 heavy (non-hydrogen) atoms. The fourth-order valence-corrected chi connectivity index (χ4v) is 2.44. The minimum absolute atomic E-state index is 0.280. The lowest BCUT2D eigenvalue weighted by molar-refractivity contribution is 0.0323. The zero-order chi connectivity index (χ0) is 14.2. The first-order valence-electron chi connectivity index (χ1n) is 6.68. The number of morpholine rings is 1. The third kappa shape index (κ3) is 4.94. The van der Waals surface area contributed by atoms with Crippen molar-refractivity contribution in [1.29, 1.82) is 0 Å². The summed E-state index contributed by atoms with van der Waals surface area (Å²) in [4.78, 5) is 7.59. The molecule has 0 aliphatic carbocycles. The maximum Gasteiger partial charge on any atom is 0.177 e. The van der Waals surface area contributed by atoms with Crippen molar-refractivity contribution in [3.8, 4) is 0 Å². The van der Waals surface area contributed by atoms with Crippen molar-refractivity contribution in [1.82, 2.24) is 4.90 Å². The van der Waals surface area contributed by atoms with Crippen LogP contribution in [0.25, 0.3) is 0 Å². The molecule has 4 nitrogen and oxygen atoms in total. The van der Waals surface area contributed by atoms with Crippen molar-refractivity contribution in [2.24, 2.45) is 5.16 Å². The molecule has 0 saturated carbocycles. The second-order valence-corrected chi connectivity index (χ2v) is 5.27. The number of ether oxygens (including phenoxy) is 1. The van der Waals surface area contributed by atoms with Gasteiger partial charge in [-0.25, -0.2) is 0 Å². The molecular formula is C14H18Cl2N2O2. The van der Waals surface area contributed by atoms with Gasteiger partial charge in [0.15, 0.2) is 5.17 Å². The maximum absolute atomic E-state index is 6.05. The van der Waals surface area contributed by atoms with Gasteiger partial charge in [-0.1, -0.05) is 46.6 Å². The van der Waals surface area contributed by atoms with E-state index in [1.807, 2.05) is 18.2 Å². The number of hydrogen-bond donors (Lipinski definition) is 0. The smallest absolute Gasteiger partial charge is 0.177 e. The van der Waals surface area contributed by atoms with Crippen LogP contribution in [0.1, 0.15) is 12.0 Å². The molecule has 0 N–H and O–H groups in total. The van der Waals surface area contributed by atoms with Crippen LogP contribution in [0.3, 0.4) is 0 Å². The minimum atomic E-state index is 0.280. The Bertz CT molecular complexity index is 449. The van der Waals surface area contributed by atoms with E-state index in [4.69, 9.17) is 32.8 Å². The maximum atomic E-state index is 6.05. The fraction of sp³-hybridized carbons (Fsp3) is 0.500. The van der Waals surface area contributed by atoms with Crippen LogP contribution in [0.15, 0.2) is 29.4 Å². The first kappa shape index (κ1) is 15.6. The van der Waals surface area contributed by atoms with Crippen molar-refractivity contribution in [3.63, 3.8) is 0 Å². The molecule has 0 spiro atoms. The summed E-state index contributed by atoms with van der Waals surface area (Å²) in [5, 5.41) is 4.74. The normalized spacial score (nSPS) is 17.2. The molecule has 1 aromatic rings. The SMILES string of the molecule is ClC(=NOCCCN1CCOCC1)c1ccccc1Cl. The first-order valence-corrected chi connectivity index (χ1v) is 7.43. The Morgan fingerprint density at radius 1 is 1.30 bits per heavy atom. The van der Waals surface area contributed by atoms with E-state index in [1.165, 1.54) is 0 Å². The molecule has 1 fully saturated rings. The van der Waals surface area contributed by atoms with Crippen molar-refractivity contribution in [2.45, 2.75) is 6.42 Å². The van der Waals surface area contributed by atoms with Gasteiger partial charge in [0, 0.05) is 25.2 Å². The molecule has 1 aliphatic heterocycles. The van der Waals surface area contributed by atoms with Crippen molar-refractivity contribution >= 4 is 28.4 Å². The van der Waals surface area contributed by atoms with Crippen LogP contribution in [0.4, 0.5) is 0 Å². The monoisotopic (exact) mass is 316 g/mol. The second-order valence-electron chi connectivity index (χ2n) is 4.50. The highest BCUT2D eigenvalue weighted by Crippen LogP contribution is 2.17. The zero-order valence-electron chi connectivity index (χ0n) is 11.2. The Kier molecular flexibility index (Phi) is 6.60. The van der Waals surface area contributed by atoms with E-state index in [9.17, 15) is 0 Å². The summed E-state index contributed by atoms with van der Waals surface area (Å²) in [6, 6.07) is 7.29. The molecule has 0 radical (unpaired) electrons. The van der Waals surface area contributed by atoms with Crippen molar-refractivity contribution in [3.05, 3.63) is 34.9 Å². The Morgan fingerprint density at radius 2 is 2.05 bits per heavy atom. The molecule has 0 aromatic heterocycles. The standard InChI is InChI=1S/C14H18Cl2N2O2/c15-13-5-2-1-4-12(13)14(16)17-20-9-3-6-18-7-10-19-11-8-18/h1-2,4-5H,3,6-11H2. The summed E-state index contributed by atoms with van der Waals surface area (Å²) in [7, 11) is 0. The Labute approximate surface area is 129 Å². The van der Waals surface area contributed by atoms with Crippen molar-refractivity contribution in [2.75, 3.05) is 39.5 Å². The molecule has 0 bridgehead atoms. The van der Waals surface area contributed by atoms with Gasteiger partial charge >= 0.3 is 0 Å². The summed E-state index contributed by atoms with van der Waals surface area (Å²) in [5.41, 5.74) is 0.684. The van der Waals surface area contributed by atoms with Gasteiger partial charge in [0.2, 0.25) is 0 Å². The number of rotatable bonds is 6. The summed E-state index contributed by atoms with van der Waals surface area (Å²) in [6.07, 6.45) is 0.913. The third-order valence-electron chi connectivity index (χ3n) is 3.05. The highest BCUT2D eigenvalue weighted by atomic mass is 35.5. The third-order valence-corrected chi connectivity index (χ3v) is 3.66. The van der Waals surface area contributed by atoms with Crippen LogP contribution in [0, 0.1) is 0 Å². The van der Waals surface area contributed by atoms with E-state index in [1.54, 1.807) is 6.07 Å². The van der Waals surface area contributed by atoms with E-state index in [0.717, 1.165) is 39.3 Å². The van der Waals surface area contributed by atoms with E-state index >= 15 is 0 Å². The summed E-state index contributed by atoms with van der Waals surface area (Å²) < 4.78 is 5.29. The van der Waals surface area contributed by atoms with Crippen LogP contribution < -0.4 is 0 Å². The molecule has 1 aromatic carbocycles. The van der Waals surface area contributed by atoms with E-state index in [0.29, 0.717) is 17.2 Å². The van der Waals surface area contributed by atoms with Crippen LogP contribution >= 0.6 is 23.2 Å². The predicted molar refractivity (Wildman–Crippen MR) is 81.7 cm³/mol. The van der Waals surface area contributed by atoms with Gasteiger partial charge in [0.1, 0.15) is 6.61 Å². The second kappa shape index (κ2) is 8.47. The molecule has 1 heterocycles. The number of nitrogens with zero attached hydrogens (tertiary/aromatic N) is 2. The minimum Gasteiger partial charge on any atom is -0.395 e. The van der Waals surface area contributed by atoms with Gasteiger partial charge in [0.05, 0.1) is 18.2 Å². The average Bonchev–Trinajstić information content (AvgIpc) is 2.48. The van der Waals surface area contributed by atoms with Gasteiger partial charge in [-0.05, 0) is 12.5 Å². The topological polar surface area (TPSA) is 34.1 Å². The summed E-state index contributed by atoms with van der Waals surface area (Å²) in [5.74, 6) is 0. The quantitative estimate of drug-likeness (QED) is 0.459. The van der Waals surface area contributed by atoms with Gasteiger partial charge < -0.3 is 9.57 Å². The Morgan fingerprint density at radius 3 is 2.80 bits per heavy atom. The molecule has 0 amide bonds. The van der Waals surface area contributed by atoms with Gasteiger partial charge in [-0.15, -0.1) is 0 Å². The Hall–Kier alpha value is -0.810. The lowest BCUT2D eigenvalue weighted by Crippen LogP contribution is -2.37. The first-order chi connectivity index (χ1) is 9.77.